The van der Waals surface area contributed by atoms with E-state index < -0.39 is 36.7 Å². The molecule has 1 fully saturated rings. The zero-order valence-electron chi connectivity index (χ0n) is 17.6. The van der Waals surface area contributed by atoms with Crippen molar-refractivity contribution in [3.63, 3.8) is 0 Å². The number of hydrogen-bond donors (Lipinski definition) is 1. The Balaban J connectivity index is 1.74. The molecule has 3 rings (SSSR count). The summed E-state index contributed by atoms with van der Waals surface area (Å²) in [5, 5.41) is 10.3. The van der Waals surface area contributed by atoms with Crippen LogP contribution >= 0.6 is 0 Å². The van der Waals surface area contributed by atoms with Gasteiger partial charge in [-0.15, -0.1) is 5.10 Å². The number of ether oxygens (including phenoxy) is 2. The van der Waals surface area contributed by atoms with Gasteiger partial charge in [0.15, 0.2) is 5.69 Å². The number of nitrogens with zero attached hydrogens (tertiary/aromatic N) is 4. The summed E-state index contributed by atoms with van der Waals surface area (Å²) in [6.45, 7) is 1.69. The maximum absolute atomic E-state index is 14.2. The van der Waals surface area contributed by atoms with E-state index in [0.717, 1.165) is 4.90 Å². The second-order valence-electron chi connectivity index (χ2n) is 7.40. The van der Waals surface area contributed by atoms with Gasteiger partial charge in [0.2, 0.25) is 0 Å². The number of likely N-dealkylation sites (tertiary alicyclic amines) is 1. The molecule has 0 aliphatic carbocycles. The van der Waals surface area contributed by atoms with Gasteiger partial charge in [-0.05, 0) is 30.7 Å². The molecule has 1 aromatic heterocycles. The zero-order chi connectivity index (χ0) is 22.6. The number of aryl methyl sites for hydroxylation is 1. The van der Waals surface area contributed by atoms with Gasteiger partial charge in [-0.1, -0.05) is 5.21 Å². The Kier molecular flexibility index (Phi) is 6.84. The standard InChI is InChI=1S/C20H25F2N5O4/c1-13-8-15(31-3)4-5-16(13)19(29)27-12-20(21,22)9-14(27)10-26-11-17(24-25-26)18(28)23-6-7-30-2/h4-5,8,11,14H,6-7,9-10,12H2,1-3H3,(H,23,28)/t14-/m0/s1. The number of halogens is 2. The molecule has 2 amide bonds. The highest BCUT2D eigenvalue weighted by Crippen LogP contribution is 2.34. The van der Waals surface area contributed by atoms with E-state index in [1.54, 1.807) is 25.1 Å². The molecule has 168 valence electrons. The predicted molar refractivity (Wildman–Crippen MR) is 106 cm³/mol. The molecular weight excluding hydrogens is 412 g/mol. The van der Waals surface area contributed by atoms with Gasteiger partial charge in [0, 0.05) is 25.6 Å². The molecule has 1 aliphatic rings. The lowest BCUT2D eigenvalue weighted by Crippen LogP contribution is -2.39. The van der Waals surface area contributed by atoms with E-state index in [0.29, 0.717) is 30.0 Å². The van der Waals surface area contributed by atoms with Crippen LogP contribution in [0.2, 0.25) is 0 Å². The quantitative estimate of drug-likeness (QED) is 0.629. The third kappa shape index (κ3) is 5.35. The Labute approximate surface area is 178 Å². The van der Waals surface area contributed by atoms with Crippen LogP contribution in [0.4, 0.5) is 8.78 Å². The third-order valence-electron chi connectivity index (χ3n) is 5.06. The molecular formula is C20H25F2N5O4. The molecule has 1 atom stereocenters. The number of aromatic nitrogens is 3. The largest absolute Gasteiger partial charge is 0.497 e. The summed E-state index contributed by atoms with van der Waals surface area (Å²) >= 11 is 0. The molecule has 1 saturated heterocycles. The summed E-state index contributed by atoms with van der Waals surface area (Å²) in [7, 11) is 3.03. The second kappa shape index (κ2) is 9.38. The number of carbonyl (C=O) groups is 2. The number of hydrogen-bond acceptors (Lipinski definition) is 6. The van der Waals surface area contributed by atoms with Gasteiger partial charge in [-0.25, -0.2) is 13.5 Å². The predicted octanol–water partition coefficient (Wildman–Crippen LogP) is 1.52. The first-order chi connectivity index (χ1) is 14.7. The average Bonchev–Trinajstić information content (AvgIpc) is 3.31. The third-order valence-corrected chi connectivity index (χ3v) is 5.06. The lowest BCUT2D eigenvalue weighted by Gasteiger charge is -2.24. The minimum atomic E-state index is -3.01. The van der Waals surface area contributed by atoms with Crippen LogP contribution in [0.3, 0.4) is 0 Å². The van der Waals surface area contributed by atoms with Gasteiger partial charge in [0.05, 0.1) is 39.0 Å². The molecule has 2 aromatic rings. The maximum Gasteiger partial charge on any atom is 0.273 e. The van der Waals surface area contributed by atoms with Gasteiger partial charge >= 0.3 is 0 Å². The van der Waals surface area contributed by atoms with Gasteiger partial charge in [-0.2, -0.15) is 0 Å². The highest BCUT2D eigenvalue weighted by Gasteiger charge is 2.47. The fourth-order valence-electron chi connectivity index (χ4n) is 3.52. The number of nitrogens with one attached hydrogen (secondary N) is 1. The summed E-state index contributed by atoms with van der Waals surface area (Å²) in [5.41, 5.74) is 1.03. The number of rotatable bonds is 8. The second-order valence-corrected chi connectivity index (χ2v) is 7.40. The molecule has 0 saturated carbocycles. The molecule has 0 radical (unpaired) electrons. The van der Waals surface area contributed by atoms with Gasteiger partial charge in [0.1, 0.15) is 5.75 Å². The molecule has 1 aliphatic heterocycles. The van der Waals surface area contributed by atoms with E-state index in [4.69, 9.17) is 9.47 Å². The van der Waals surface area contributed by atoms with E-state index in [1.807, 2.05) is 0 Å². The minimum Gasteiger partial charge on any atom is -0.497 e. The molecule has 0 spiro atoms. The van der Waals surface area contributed by atoms with Crippen LogP contribution in [0, 0.1) is 6.92 Å². The average molecular weight is 437 g/mol. The Morgan fingerprint density at radius 2 is 2.10 bits per heavy atom. The van der Waals surface area contributed by atoms with E-state index in [1.165, 1.54) is 25.1 Å². The number of amides is 2. The van der Waals surface area contributed by atoms with Crippen LogP contribution in [0.5, 0.6) is 5.75 Å². The number of benzene rings is 1. The van der Waals surface area contributed by atoms with Crippen LogP contribution in [-0.2, 0) is 11.3 Å². The van der Waals surface area contributed by atoms with Crippen molar-refractivity contribution < 1.29 is 27.8 Å². The summed E-state index contributed by atoms with van der Waals surface area (Å²) in [6, 6.07) is 4.08. The number of methoxy groups -OCH3 is 2. The van der Waals surface area contributed by atoms with Gasteiger partial charge in [0.25, 0.3) is 17.7 Å². The molecule has 0 bridgehead atoms. The van der Waals surface area contributed by atoms with Gasteiger partial charge in [-0.3, -0.25) is 9.59 Å². The van der Waals surface area contributed by atoms with Crippen molar-refractivity contribution in [2.75, 3.05) is 33.9 Å². The van der Waals surface area contributed by atoms with E-state index in [-0.39, 0.29) is 12.2 Å². The van der Waals surface area contributed by atoms with Crippen molar-refractivity contribution in [3.05, 3.63) is 41.2 Å². The van der Waals surface area contributed by atoms with Crippen molar-refractivity contribution >= 4 is 11.8 Å². The Morgan fingerprint density at radius 1 is 1.32 bits per heavy atom. The minimum absolute atomic E-state index is 0.00508. The summed E-state index contributed by atoms with van der Waals surface area (Å²) in [6.07, 6.45) is 0.878. The van der Waals surface area contributed by atoms with Crippen LogP contribution in [0.25, 0.3) is 0 Å². The lowest BCUT2D eigenvalue weighted by molar-refractivity contribution is 0.0117. The first kappa shape index (κ1) is 22.6. The fourth-order valence-corrected chi connectivity index (χ4v) is 3.52. The monoisotopic (exact) mass is 437 g/mol. The zero-order valence-corrected chi connectivity index (χ0v) is 17.6. The van der Waals surface area contributed by atoms with Crippen molar-refractivity contribution in [1.29, 1.82) is 0 Å². The Hall–Kier alpha value is -3.08. The molecule has 31 heavy (non-hydrogen) atoms. The summed E-state index contributed by atoms with van der Waals surface area (Å²) in [5.74, 6) is -3.36. The normalized spacial score (nSPS) is 17.6. The molecule has 1 aromatic carbocycles. The highest BCUT2D eigenvalue weighted by atomic mass is 19.3. The molecule has 9 nitrogen and oxygen atoms in total. The smallest absolute Gasteiger partial charge is 0.273 e. The van der Waals surface area contributed by atoms with Gasteiger partial charge < -0.3 is 19.7 Å². The van der Waals surface area contributed by atoms with Crippen molar-refractivity contribution in [1.82, 2.24) is 25.2 Å². The molecule has 11 heteroatoms. The maximum atomic E-state index is 14.2. The molecule has 1 N–H and O–H groups in total. The summed E-state index contributed by atoms with van der Waals surface area (Å²) < 4.78 is 39.7. The number of alkyl halides is 2. The van der Waals surface area contributed by atoms with Crippen molar-refractivity contribution in [2.24, 2.45) is 0 Å². The number of carbonyl (C=O) groups excluding carboxylic acids is 2. The first-order valence-electron chi connectivity index (χ1n) is 9.75. The molecule has 0 unspecified atom stereocenters. The van der Waals surface area contributed by atoms with Crippen molar-refractivity contribution in [3.8, 4) is 5.75 Å². The van der Waals surface area contributed by atoms with Crippen LogP contribution < -0.4 is 10.1 Å². The molecule has 2 heterocycles. The van der Waals surface area contributed by atoms with E-state index in [9.17, 15) is 18.4 Å². The Bertz CT molecular complexity index is 949. The van der Waals surface area contributed by atoms with E-state index in [2.05, 4.69) is 15.6 Å². The lowest BCUT2D eigenvalue weighted by atomic mass is 10.1. The topological polar surface area (TPSA) is 98.6 Å². The van der Waals surface area contributed by atoms with E-state index >= 15 is 0 Å². The fraction of sp³-hybridized carbons (Fsp3) is 0.500. The van der Waals surface area contributed by atoms with Crippen LogP contribution in [0.15, 0.2) is 24.4 Å². The Morgan fingerprint density at radius 3 is 2.77 bits per heavy atom. The van der Waals surface area contributed by atoms with Crippen molar-refractivity contribution in [2.45, 2.75) is 31.9 Å². The summed E-state index contributed by atoms with van der Waals surface area (Å²) in [4.78, 5) is 26.3. The first-order valence-corrected chi connectivity index (χ1v) is 9.75. The highest BCUT2D eigenvalue weighted by molar-refractivity contribution is 5.96. The van der Waals surface area contributed by atoms with Crippen LogP contribution in [-0.4, -0.2) is 77.6 Å². The SMILES string of the molecule is COCCNC(=O)c1cn(C[C@@H]2CC(F)(F)CN2C(=O)c2ccc(OC)cc2C)nn1. The van der Waals surface area contributed by atoms with Crippen LogP contribution in [0.1, 0.15) is 32.8 Å².